The van der Waals surface area contributed by atoms with Gasteiger partial charge in [-0.3, -0.25) is 19.6 Å². The first-order chi connectivity index (χ1) is 13.4. The maximum atomic E-state index is 13.3. The Morgan fingerprint density at radius 3 is 2.46 bits per heavy atom. The summed E-state index contributed by atoms with van der Waals surface area (Å²) in [5.74, 6) is -1.09. The minimum Gasteiger partial charge on any atom is -0.355 e. The highest BCUT2D eigenvalue weighted by molar-refractivity contribution is 5.91. The summed E-state index contributed by atoms with van der Waals surface area (Å²) >= 11 is 0. The normalized spacial score (nSPS) is 18.2. The smallest absolute Gasteiger partial charge is 0.262 e. The SMILES string of the molecule is CCC1(C(=O)N(CCNC(C)=O)CC(=O)NO)C=CC(c2ccccc2)=CC1. The van der Waals surface area contributed by atoms with Gasteiger partial charge in [-0.25, -0.2) is 5.48 Å². The first kappa shape index (κ1) is 21.4. The van der Waals surface area contributed by atoms with Crippen LogP contribution in [0.2, 0.25) is 0 Å². The molecule has 1 aromatic rings. The van der Waals surface area contributed by atoms with E-state index in [0.29, 0.717) is 12.8 Å². The zero-order chi connectivity index (χ0) is 20.6. The highest BCUT2D eigenvalue weighted by atomic mass is 16.5. The van der Waals surface area contributed by atoms with Crippen LogP contribution in [0.25, 0.3) is 5.57 Å². The Morgan fingerprint density at radius 2 is 1.93 bits per heavy atom. The first-order valence-electron chi connectivity index (χ1n) is 9.33. The van der Waals surface area contributed by atoms with Crippen LogP contribution in [0.3, 0.4) is 0 Å². The fourth-order valence-corrected chi connectivity index (χ4v) is 3.24. The monoisotopic (exact) mass is 385 g/mol. The largest absolute Gasteiger partial charge is 0.355 e. The Kier molecular flexibility index (Phi) is 7.52. The van der Waals surface area contributed by atoms with Gasteiger partial charge >= 0.3 is 0 Å². The van der Waals surface area contributed by atoms with Crippen LogP contribution in [0.4, 0.5) is 0 Å². The highest BCUT2D eigenvalue weighted by Crippen LogP contribution is 2.37. The zero-order valence-corrected chi connectivity index (χ0v) is 16.3. The summed E-state index contributed by atoms with van der Waals surface area (Å²) in [5.41, 5.74) is 2.93. The molecular formula is C21H27N3O4. The second kappa shape index (κ2) is 9.85. The van der Waals surface area contributed by atoms with Gasteiger partial charge in [-0.15, -0.1) is 0 Å². The first-order valence-corrected chi connectivity index (χ1v) is 9.33. The molecule has 0 saturated heterocycles. The summed E-state index contributed by atoms with van der Waals surface area (Å²) in [4.78, 5) is 37.4. The zero-order valence-electron chi connectivity index (χ0n) is 16.3. The summed E-state index contributed by atoms with van der Waals surface area (Å²) in [7, 11) is 0. The number of carbonyl (C=O) groups is 3. The van der Waals surface area contributed by atoms with Crippen molar-refractivity contribution in [3.8, 4) is 0 Å². The van der Waals surface area contributed by atoms with E-state index in [9.17, 15) is 14.4 Å². The number of hydroxylamine groups is 1. The number of rotatable bonds is 8. The predicted octanol–water partition coefficient (Wildman–Crippen LogP) is 1.90. The van der Waals surface area contributed by atoms with E-state index in [4.69, 9.17) is 5.21 Å². The second-order valence-electron chi connectivity index (χ2n) is 6.82. The van der Waals surface area contributed by atoms with Crippen LogP contribution in [0.1, 0.15) is 32.3 Å². The molecule has 0 saturated carbocycles. The molecule has 2 rings (SSSR count). The Hall–Kier alpha value is -2.93. The van der Waals surface area contributed by atoms with Crippen LogP contribution < -0.4 is 10.8 Å². The fourth-order valence-electron chi connectivity index (χ4n) is 3.24. The summed E-state index contributed by atoms with van der Waals surface area (Å²) in [6.45, 7) is 3.45. The van der Waals surface area contributed by atoms with Gasteiger partial charge in [-0.1, -0.05) is 55.5 Å². The Balaban J connectivity index is 2.18. The Labute approximate surface area is 165 Å². The molecule has 0 spiro atoms. The van der Waals surface area contributed by atoms with Crippen molar-refractivity contribution < 1.29 is 19.6 Å². The van der Waals surface area contributed by atoms with E-state index in [0.717, 1.165) is 11.1 Å². The molecule has 28 heavy (non-hydrogen) atoms. The number of nitrogens with zero attached hydrogens (tertiary/aromatic N) is 1. The molecule has 0 fully saturated rings. The van der Waals surface area contributed by atoms with Crippen LogP contribution in [-0.2, 0) is 14.4 Å². The van der Waals surface area contributed by atoms with Crippen LogP contribution in [-0.4, -0.2) is 47.5 Å². The minimum atomic E-state index is -0.760. The standard InChI is InChI=1S/C21H27N3O4/c1-3-21(11-9-18(10-12-21)17-7-5-4-6-8-17)20(27)24(15-19(26)23-28)14-13-22-16(2)25/h4-11,28H,3,12-15H2,1-2H3,(H,22,25)(H,23,26). The van der Waals surface area contributed by atoms with Crippen molar-refractivity contribution in [1.29, 1.82) is 0 Å². The average molecular weight is 385 g/mol. The van der Waals surface area contributed by atoms with Crippen molar-refractivity contribution >= 4 is 23.3 Å². The summed E-state index contributed by atoms with van der Waals surface area (Å²) in [6.07, 6.45) is 6.96. The molecule has 7 heteroatoms. The van der Waals surface area contributed by atoms with Crippen molar-refractivity contribution in [2.24, 2.45) is 5.41 Å². The highest BCUT2D eigenvalue weighted by Gasteiger charge is 2.38. The van der Waals surface area contributed by atoms with Gasteiger partial charge in [-0.05, 0) is 24.0 Å². The molecule has 1 aliphatic rings. The van der Waals surface area contributed by atoms with E-state index in [1.54, 1.807) is 5.48 Å². The van der Waals surface area contributed by atoms with Gasteiger partial charge in [0, 0.05) is 20.0 Å². The summed E-state index contributed by atoms with van der Waals surface area (Å²) in [5, 5.41) is 11.5. The minimum absolute atomic E-state index is 0.177. The van der Waals surface area contributed by atoms with Crippen molar-refractivity contribution in [1.82, 2.24) is 15.7 Å². The molecule has 0 aromatic heterocycles. The van der Waals surface area contributed by atoms with Crippen LogP contribution >= 0.6 is 0 Å². The number of carbonyl (C=O) groups excluding carboxylic acids is 3. The third kappa shape index (κ3) is 5.29. The summed E-state index contributed by atoms with van der Waals surface area (Å²) in [6, 6.07) is 9.92. The van der Waals surface area contributed by atoms with Crippen LogP contribution in [0.15, 0.2) is 48.6 Å². The lowest BCUT2D eigenvalue weighted by molar-refractivity contribution is -0.145. The van der Waals surface area contributed by atoms with Crippen molar-refractivity contribution in [2.75, 3.05) is 19.6 Å². The predicted molar refractivity (Wildman–Crippen MR) is 106 cm³/mol. The molecule has 0 aliphatic heterocycles. The molecule has 1 aliphatic carbocycles. The van der Waals surface area contributed by atoms with Gasteiger partial charge in [0.15, 0.2) is 0 Å². The summed E-state index contributed by atoms with van der Waals surface area (Å²) < 4.78 is 0. The van der Waals surface area contributed by atoms with Gasteiger partial charge in [0.1, 0.15) is 6.54 Å². The van der Waals surface area contributed by atoms with Crippen LogP contribution in [0.5, 0.6) is 0 Å². The van der Waals surface area contributed by atoms with E-state index < -0.39 is 11.3 Å². The topological polar surface area (TPSA) is 98.7 Å². The van der Waals surface area contributed by atoms with E-state index >= 15 is 0 Å². The fraction of sp³-hybridized carbons (Fsp3) is 0.381. The maximum Gasteiger partial charge on any atom is 0.262 e. The van der Waals surface area contributed by atoms with Crippen molar-refractivity contribution in [2.45, 2.75) is 26.7 Å². The Morgan fingerprint density at radius 1 is 1.21 bits per heavy atom. The van der Waals surface area contributed by atoms with Gasteiger partial charge in [0.25, 0.3) is 5.91 Å². The number of amides is 3. The van der Waals surface area contributed by atoms with Gasteiger partial charge in [0.2, 0.25) is 11.8 Å². The number of allylic oxidation sites excluding steroid dienone is 3. The number of benzene rings is 1. The van der Waals surface area contributed by atoms with Crippen molar-refractivity contribution in [3.63, 3.8) is 0 Å². The van der Waals surface area contributed by atoms with Crippen LogP contribution in [0, 0.1) is 5.41 Å². The molecule has 0 bridgehead atoms. The number of hydrogen-bond acceptors (Lipinski definition) is 4. The molecular weight excluding hydrogens is 358 g/mol. The average Bonchev–Trinajstić information content (AvgIpc) is 2.72. The van der Waals surface area contributed by atoms with Gasteiger partial charge in [-0.2, -0.15) is 0 Å². The lowest BCUT2D eigenvalue weighted by Gasteiger charge is -2.35. The van der Waals surface area contributed by atoms with E-state index in [-0.39, 0.29) is 31.4 Å². The lowest BCUT2D eigenvalue weighted by Crippen LogP contribution is -2.49. The van der Waals surface area contributed by atoms with E-state index in [1.165, 1.54) is 11.8 Å². The maximum absolute atomic E-state index is 13.3. The number of hydrogen-bond donors (Lipinski definition) is 3. The third-order valence-corrected chi connectivity index (χ3v) is 4.93. The van der Waals surface area contributed by atoms with Gasteiger partial charge in [0.05, 0.1) is 5.41 Å². The van der Waals surface area contributed by atoms with Gasteiger partial charge < -0.3 is 10.2 Å². The van der Waals surface area contributed by atoms with E-state index in [2.05, 4.69) is 5.32 Å². The number of nitrogens with one attached hydrogen (secondary N) is 2. The van der Waals surface area contributed by atoms with E-state index in [1.807, 2.05) is 55.5 Å². The second-order valence-corrected chi connectivity index (χ2v) is 6.82. The third-order valence-electron chi connectivity index (χ3n) is 4.93. The molecule has 1 unspecified atom stereocenters. The molecule has 1 atom stereocenters. The molecule has 0 heterocycles. The molecule has 0 radical (unpaired) electrons. The lowest BCUT2D eigenvalue weighted by atomic mass is 9.75. The quantitative estimate of drug-likeness (QED) is 0.470. The molecule has 1 aromatic carbocycles. The molecule has 3 N–H and O–H groups in total. The molecule has 7 nitrogen and oxygen atoms in total. The Bertz CT molecular complexity index is 773. The van der Waals surface area contributed by atoms with Crippen molar-refractivity contribution in [3.05, 3.63) is 54.1 Å². The molecule has 150 valence electrons. The molecule has 3 amide bonds.